The van der Waals surface area contributed by atoms with Gasteiger partial charge in [-0.25, -0.2) is 8.42 Å². The van der Waals surface area contributed by atoms with E-state index in [-0.39, 0.29) is 11.5 Å². The second-order valence-electron chi connectivity index (χ2n) is 4.79. The predicted octanol–water partition coefficient (Wildman–Crippen LogP) is 2.57. The van der Waals surface area contributed by atoms with Crippen LogP contribution in [0.5, 0.6) is 0 Å². The first-order valence-electron chi connectivity index (χ1n) is 6.76. The fourth-order valence-electron chi connectivity index (χ4n) is 2.01. The molecular weight excluding hydrogens is 286 g/mol. The lowest BCUT2D eigenvalue weighted by Gasteiger charge is -2.20. The molecule has 1 N–H and O–H groups in total. The molecule has 21 heavy (non-hydrogen) atoms. The van der Waals surface area contributed by atoms with Crippen LogP contribution in [0.25, 0.3) is 0 Å². The van der Waals surface area contributed by atoms with Gasteiger partial charge in [-0.3, -0.25) is 4.31 Å². The average Bonchev–Trinajstić information content (AvgIpc) is 2.54. The maximum absolute atomic E-state index is 12.6. The zero-order chi connectivity index (χ0) is 15.5. The van der Waals surface area contributed by atoms with Crippen LogP contribution >= 0.6 is 0 Å². The molecule has 0 radical (unpaired) electrons. The van der Waals surface area contributed by atoms with Crippen molar-refractivity contribution in [2.75, 3.05) is 11.4 Å². The van der Waals surface area contributed by atoms with Gasteiger partial charge in [0.15, 0.2) is 0 Å². The van der Waals surface area contributed by atoms with Crippen molar-refractivity contribution in [3.63, 3.8) is 0 Å². The van der Waals surface area contributed by atoms with Gasteiger partial charge in [-0.2, -0.15) is 0 Å². The van der Waals surface area contributed by atoms with Crippen LogP contribution in [0.4, 0.5) is 5.69 Å². The summed E-state index contributed by atoms with van der Waals surface area (Å²) in [5, 5.41) is 9.01. The van der Waals surface area contributed by atoms with Gasteiger partial charge in [0, 0.05) is 7.05 Å². The van der Waals surface area contributed by atoms with E-state index in [4.69, 9.17) is 5.11 Å². The minimum Gasteiger partial charge on any atom is -0.392 e. The fraction of sp³-hybridized carbons (Fsp3) is 0.250. The van der Waals surface area contributed by atoms with Crippen LogP contribution in [-0.2, 0) is 23.1 Å². The van der Waals surface area contributed by atoms with Crippen molar-refractivity contribution in [3.05, 3.63) is 59.7 Å². The normalized spacial score (nSPS) is 11.4. The summed E-state index contributed by atoms with van der Waals surface area (Å²) in [7, 11) is -2.05. The largest absolute Gasteiger partial charge is 0.392 e. The summed E-state index contributed by atoms with van der Waals surface area (Å²) in [6.45, 7) is 1.95. The highest BCUT2D eigenvalue weighted by molar-refractivity contribution is 7.92. The molecule has 0 spiro atoms. The molecule has 0 atom stereocenters. The molecule has 0 heterocycles. The van der Waals surface area contributed by atoms with E-state index >= 15 is 0 Å². The first-order valence-corrected chi connectivity index (χ1v) is 8.20. The highest BCUT2D eigenvalue weighted by Gasteiger charge is 2.20. The molecule has 0 aliphatic heterocycles. The van der Waals surface area contributed by atoms with Crippen molar-refractivity contribution < 1.29 is 13.5 Å². The molecule has 112 valence electrons. The molecule has 0 amide bonds. The summed E-state index contributed by atoms with van der Waals surface area (Å²) < 4.78 is 26.4. The molecule has 4 nitrogen and oxygen atoms in total. The van der Waals surface area contributed by atoms with Crippen LogP contribution in [0, 0.1) is 0 Å². The molecule has 0 aliphatic carbocycles. The van der Waals surface area contributed by atoms with Crippen LogP contribution in [0.15, 0.2) is 53.4 Å². The maximum atomic E-state index is 12.6. The molecule has 2 rings (SSSR count). The number of rotatable bonds is 5. The Morgan fingerprint density at radius 1 is 0.952 bits per heavy atom. The lowest BCUT2D eigenvalue weighted by molar-refractivity contribution is 0.282. The topological polar surface area (TPSA) is 57.6 Å². The van der Waals surface area contributed by atoms with Crippen molar-refractivity contribution in [2.45, 2.75) is 24.8 Å². The lowest BCUT2D eigenvalue weighted by atomic mass is 10.1. The van der Waals surface area contributed by atoms with Gasteiger partial charge in [0.25, 0.3) is 10.0 Å². The second-order valence-corrected chi connectivity index (χ2v) is 6.76. The summed E-state index contributed by atoms with van der Waals surface area (Å²) in [5.41, 5.74) is 2.47. The molecule has 0 fully saturated rings. The van der Waals surface area contributed by atoms with Gasteiger partial charge >= 0.3 is 0 Å². The summed E-state index contributed by atoms with van der Waals surface area (Å²) in [4.78, 5) is 0.210. The van der Waals surface area contributed by atoms with Crippen molar-refractivity contribution in [1.29, 1.82) is 0 Å². The molecule has 2 aromatic carbocycles. The number of anilines is 1. The SMILES string of the molecule is CCc1ccc(N(C)S(=O)(=O)c2ccc(CO)cc2)cc1. The number of hydrogen-bond acceptors (Lipinski definition) is 3. The second kappa shape index (κ2) is 6.28. The maximum Gasteiger partial charge on any atom is 0.264 e. The van der Waals surface area contributed by atoms with Crippen LogP contribution in [-0.4, -0.2) is 20.6 Å². The zero-order valence-electron chi connectivity index (χ0n) is 12.2. The number of aliphatic hydroxyl groups is 1. The van der Waals surface area contributed by atoms with Crippen LogP contribution < -0.4 is 4.31 Å². The predicted molar refractivity (Wildman–Crippen MR) is 83.8 cm³/mol. The number of aryl methyl sites for hydroxylation is 1. The van der Waals surface area contributed by atoms with Crippen molar-refractivity contribution in [2.24, 2.45) is 0 Å². The minimum atomic E-state index is -3.58. The number of hydrogen-bond donors (Lipinski definition) is 1. The van der Waals surface area contributed by atoms with E-state index < -0.39 is 10.0 Å². The Morgan fingerprint density at radius 2 is 1.48 bits per heavy atom. The highest BCUT2D eigenvalue weighted by atomic mass is 32.2. The standard InChI is InChI=1S/C16H19NO3S/c1-3-13-4-8-15(9-5-13)17(2)21(19,20)16-10-6-14(12-18)7-11-16/h4-11,18H,3,12H2,1-2H3. The molecule has 0 aromatic heterocycles. The summed E-state index contributed by atoms with van der Waals surface area (Å²) in [5.74, 6) is 0. The number of aliphatic hydroxyl groups excluding tert-OH is 1. The Hall–Kier alpha value is -1.85. The fourth-order valence-corrected chi connectivity index (χ4v) is 3.20. The van der Waals surface area contributed by atoms with Gasteiger partial charge < -0.3 is 5.11 Å². The average molecular weight is 305 g/mol. The molecule has 0 unspecified atom stereocenters. The molecule has 0 bridgehead atoms. The van der Waals surface area contributed by atoms with E-state index in [1.54, 1.807) is 24.3 Å². The first-order chi connectivity index (χ1) is 9.98. The minimum absolute atomic E-state index is 0.103. The molecule has 0 aliphatic rings. The van der Waals surface area contributed by atoms with Gasteiger partial charge in [0.05, 0.1) is 17.2 Å². The number of sulfonamides is 1. The van der Waals surface area contributed by atoms with E-state index in [0.717, 1.165) is 12.0 Å². The third-order valence-electron chi connectivity index (χ3n) is 3.47. The van der Waals surface area contributed by atoms with Gasteiger partial charge in [-0.1, -0.05) is 31.2 Å². The van der Waals surface area contributed by atoms with E-state index in [9.17, 15) is 8.42 Å². The Balaban J connectivity index is 2.32. The molecule has 0 saturated carbocycles. The van der Waals surface area contributed by atoms with E-state index in [1.807, 2.05) is 12.1 Å². The van der Waals surface area contributed by atoms with E-state index in [0.29, 0.717) is 11.3 Å². The molecule has 5 heteroatoms. The Bertz CT molecular complexity index is 691. The quantitative estimate of drug-likeness (QED) is 0.923. The number of benzene rings is 2. The number of nitrogens with zero attached hydrogens (tertiary/aromatic N) is 1. The smallest absolute Gasteiger partial charge is 0.264 e. The molecule has 2 aromatic rings. The van der Waals surface area contributed by atoms with Gasteiger partial charge in [-0.05, 0) is 41.8 Å². The Labute approximate surface area is 125 Å². The van der Waals surface area contributed by atoms with Gasteiger partial charge in [0.1, 0.15) is 0 Å². The zero-order valence-corrected chi connectivity index (χ0v) is 13.0. The highest BCUT2D eigenvalue weighted by Crippen LogP contribution is 2.22. The third-order valence-corrected chi connectivity index (χ3v) is 5.27. The van der Waals surface area contributed by atoms with Gasteiger partial charge in [-0.15, -0.1) is 0 Å². The van der Waals surface area contributed by atoms with Crippen LogP contribution in [0.2, 0.25) is 0 Å². The third kappa shape index (κ3) is 3.25. The molecular formula is C16H19NO3S. The summed E-state index contributed by atoms with van der Waals surface area (Å²) >= 11 is 0. The van der Waals surface area contributed by atoms with Crippen molar-refractivity contribution >= 4 is 15.7 Å². The van der Waals surface area contributed by atoms with Crippen LogP contribution in [0.3, 0.4) is 0 Å². The van der Waals surface area contributed by atoms with Gasteiger partial charge in [0.2, 0.25) is 0 Å². The van der Waals surface area contributed by atoms with E-state index in [2.05, 4.69) is 6.92 Å². The van der Waals surface area contributed by atoms with Crippen molar-refractivity contribution in [3.8, 4) is 0 Å². The Kier molecular flexibility index (Phi) is 4.65. The monoisotopic (exact) mass is 305 g/mol. The molecule has 0 saturated heterocycles. The van der Waals surface area contributed by atoms with E-state index in [1.165, 1.54) is 23.5 Å². The van der Waals surface area contributed by atoms with Crippen LogP contribution in [0.1, 0.15) is 18.1 Å². The summed E-state index contributed by atoms with van der Waals surface area (Å²) in [6, 6.07) is 13.7. The first kappa shape index (κ1) is 15.5. The van der Waals surface area contributed by atoms with Crippen molar-refractivity contribution in [1.82, 2.24) is 0 Å². The summed E-state index contributed by atoms with van der Waals surface area (Å²) in [6.07, 6.45) is 0.916. The Morgan fingerprint density at radius 3 is 1.95 bits per heavy atom. The lowest BCUT2D eigenvalue weighted by Crippen LogP contribution is -2.26.